The van der Waals surface area contributed by atoms with Gasteiger partial charge in [-0.2, -0.15) is 0 Å². The van der Waals surface area contributed by atoms with Crippen molar-refractivity contribution in [3.8, 4) is 0 Å². The number of nitrogens with zero attached hydrogens (tertiary/aromatic N) is 1. The maximum Gasteiger partial charge on any atom is 0.150 e. The highest BCUT2D eigenvalue weighted by atomic mass is 32.2. The summed E-state index contributed by atoms with van der Waals surface area (Å²) < 4.78 is 0. The number of aldehydes is 1. The van der Waals surface area contributed by atoms with Crippen molar-refractivity contribution in [2.24, 2.45) is 0 Å². The Morgan fingerprint density at radius 3 is 2.71 bits per heavy atom. The first-order valence-corrected chi connectivity index (χ1v) is 7.79. The van der Waals surface area contributed by atoms with E-state index in [4.69, 9.17) is 0 Å². The van der Waals surface area contributed by atoms with Gasteiger partial charge < -0.3 is 0 Å². The molecule has 0 fully saturated rings. The van der Waals surface area contributed by atoms with Gasteiger partial charge in [-0.25, -0.2) is 4.98 Å². The lowest BCUT2D eigenvalue weighted by atomic mass is 10.1. The van der Waals surface area contributed by atoms with Crippen LogP contribution in [-0.4, -0.2) is 11.3 Å². The molecule has 0 N–H and O–H groups in total. The van der Waals surface area contributed by atoms with Crippen LogP contribution in [0.4, 0.5) is 0 Å². The van der Waals surface area contributed by atoms with E-state index in [-0.39, 0.29) is 0 Å². The van der Waals surface area contributed by atoms with E-state index in [1.165, 1.54) is 10.9 Å². The van der Waals surface area contributed by atoms with Crippen LogP contribution in [0.1, 0.15) is 21.5 Å². The Bertz CT molecular complexity index is 798. The van der Waals surface area contributed by atoms with Gasteiger partial charge >= 0.3 is 0 Å². The van der Waals surface area contributed by atoms with Gasteiger partial charge in [-0.1, -0.05) is 42.5 Å². The summed E-state index contributed by atoms with van der Waals surface area (Å²) in [6, 6.07) is 18.0. The van der Waals surface area contributed by atoms with Crippen LogP contribution in [0.3, 0.4) is 0 Å². The molecule has 1 heterocycles. The van der Waals surface area contributed by atoms with Crippen LogP contribution >= 0.6 is 11.8 Å². The van der Waals surface area contributed by atoms with E-state index in [1.54, 1.807) is 11.8 Å². The Kier molecular flexibility index (Phi) is 4.02. The highest BCUT2D eigenvalue weighted by Gasteiger charge is 2.05. The molecule has 3 rings (SSSR count). The van der Waals surface area contributed by atoms with E-state index in [9.17, 15) is 4.79 Å². The summed E-state index contributed by atoms with van der Waals surface area (Å²) in [7, 11) is 0. The van der Waals surface area contributed by atoms with Gasteiger partial charge in [0.05, 0.1) is 10.5 Å². The third-order valence-electron chi connectivity index (χ3n) is 3.46. The zero-order valence-corrected chi connectivity index (χ0v) is 12.6. The van der Waals surface area contributed by atoms with Gasteiger partial charge in [0, 0.05) is 16.7 Å². The molecule has 2 nitrogen and oxygen atoms in total. The van der Waals surface area contributed by atoms with Gasteiger partial charge in [0.15, 0.2) is 0 Å². The van der Waals surface area contributed by atoms with Crippen molar-refractivity contribution in [2.75, 3.05) is 0 Å². The van der Waals surface area contributed by atoms with Crippen molar-refractivity contribution in [1.29, 1.82) is 0 Å². The molecule has 0 saturated heterocycles. The van der Waals surface area contributed by atoms with Gasteiger partial charge in [-0.15, -0.1) is 11.8 Å². The van der Waals surface area contributed by atoms with E-state index in [2.05, 4.69) is 24.0 Å². The van der Waals surface area contributed by atoms with Crippen molar-refractivity contribution in [1.82, 2.24) is 4.98 Å². The number of thioether (sulfide) groups is 1. The SMILES string of the molecule is Cc1cc(SCc2ccccc2C=O)nc2ccccc12. The summed E-state index contributed by atoms with van der Waals surface area (Å²) >= 11 is 1.66. The van der Waals surface area contributed by atoms with Crippen LogP contribution < -0.4 is 0 Å². The third kappa shape index (κ3) is 2.98. The zero-order chi connectivity index (χ0) is 14.7. The molecule has 3 aromatic rings. The number of para-hydroxylation sites is 1. The molecule has 0 radical (unpaired) electrons. The molecule has 104 valence electrons. The normalized spacial score (nSPS) is 10.7. The Hall–Kier alpha value is -2.13. The van der Waals surface area contributed by atoms with E-state index in [1.807, 2.05) is 42.5 Å². The molecular weight excluding hydrogens is 278 g/mol. The topological polar surface area (TPSA) is 30.0 Å². The fraction of sp³-hybridized carbons (Fsp3) is 0.111. The van der Waals surface area contributed by atoms with Gasteiger partial charge in [0.2, 0.25) is 0 Å². The van der Waals surface area contributed by atoms with Gasteiger partial charge in [-0.05, 0) is 30.2 Å². The molecule has 0 aliphatic carbocycles. The second-order valence-electron chi connectivity index (χ2n) is 4.90. The summed E-state index contributed by atoms with van der Waals surface area (Å²) in [6.07, 6.45) is 0.912. The lowest BCUT2D eigenvalue weighted by Gasteiger charge is -2.07. The van der Waals surface area contributed by atoms with Gasteiger partial charge in [-0.3, -0.25) is 4.79 Å². The molecule has 0 unspecified atom stereocenters. The summed E-state index contributed by atoms with van der Waals surface area (Å²) in [5.41, 5.74) is 4.04. The van der Waals surface area contributed by atoms with Crippen LogP contribution in [0.2, 0.25) is 0 Å². The van der Waals surface area contributed by atoms with Crippen molar-refractivity contribution in [3.05, 3.63) is 71.3 Å². The first-order valence-electron chi connectivity index (χ1n) is 6.80. The summed E-state index contributed by atoms with van der Waals surface area (Å²) in [5, 5.41) is 2.18. The molecule has 0 atom stereocenters. The molecule has 21 heavy (non-hydrogen) atoms. The second-order valence-corrected chi connectivity index (χ2v) is 5.90. The highest BCUT2D eigenvalue weighted by molar-refractivity contribution is 7.98. The predicted octanol–water partition coefficient (Wildman–Crippen LogP) is 4.65. The van der Waals surface area contributed by atoms with E-state index in [0.29, 0.717) is 0 Å². The minimum absolute atomic E-state index is 0.750. The van der Waals surface area contributed by atoms with Crippen molar-refractivity contribution >= 4 is 29.0 Å². The fourth-order valence-electron chi connectivity index (χ4n) is 2.32. The largest absolute Gasteiger partial charge is 0.298 e. The first kappa shape index (κ1) is 13.8. The monoisotopic (exact) mass is 293 g/mol. The number of carbonyl (C=O) groups excluding carboxylic acids is 1. The van der Waals surface area contributed by atoms with E-state index >= 15 is 0 Å². The standard InChI is InChI=1S/C18H15NOS/c1-13-10-18(19-17-9-5-4-8-16(13)17)21-12-15-7-3-2-6-14(15)11-20/h2-11H,12H2,1H3. The van der Waals surface area contributed by atoms with E-state index in [0.717, 1.165) is 33.7 Å². The van der Waals surface area contributed by atoms with Crippen LogP contribution in [0, 0.1) is 6.92 Å². The van der Waals surface area contributed by atoms with Crippen LogP contribution in [0.5, 0.6) is 0 Å². The molecular formula is C18H15NOS. The average Bonchev–Trinajstić information content (AvgIpc) is 2.53. The van der Waals surface area contributed by atoms with Crippen LogP contribution in [0.25, 0.3) is 10.9 Å². The molecule has 0 amide bonds. The molecule has 0 aliphatic heterocycles. The molecule has 0 bridgehead atoms. The van der Waals surface area contributed by atoms with Crippen LogP contribution in [0.15, 0.2) is 59.6 Å². The fourth-order valence-corrected chi connectivity index (χ4v) is 3.31. The maximum atomic E-state index is 11.0. The molecule has 2 aromatic carbocycles. The number of hydrogen-bond acceptors (Lipinski definition) is 3. The number of rotatable bonds is 4. The Labute approximate surface area is 128 Å². The minimum Gasteiger partial charge on any atom is -0.298 e. The Balaban J connectivity index is 1.87. The molecule has 0 saturated carbocycles. The number of pyridine rings is 1. The summed E-state index contributed by atoms with van der Waals surface area (Å²) in [6.45, 7) is 2.10. The number of hydrogen-bond donors (Lipinski definition) is 0. The Morgan fingerprint density at radius 1 is 1.10 bits per heavy atom. The second kappa shape index (κ2) is 6.10. The molecule has 1 aromatic heterocycles. The number of benzene rings is 2. The van der Waals surface area contributed by atoms with Gasteiger partial charge in [0.1, 0.15) is 6.29 Å². The molecule has 0 aliphatic rings. The smallest absolute Gasteiger partial charge is 0.150 e. The number of carbonyl (C=O) groups is 1. The minimum atomic E-state index is 0.750. The number of aromatic nitrogens is 1. The van der Waals surface area contributed by atoms with Crippen molar-refractivity contribution < 1.29 is 4.79 Å². The molecule has 3 heteroatoms. The summed E-state index contributed by atoms with van der Waals surface area (Å²) in [5.74, 6) is 0.750. The maximum absolute atomic E-state index is 11.0. The molecule has 0 spiro atoms. The highest BCUT2D eigenvalue weighted by Crippen LogP contribution is 2.26. The zero-order valence-electron chi connectivity index (χ0n) is 11.7. The van der Waals surface area contributed by atoms with Crippen molar-refractivity contribution in [2.45, 2.75) is 17.7 Å². The Morgan fingerprint density at radius 2 is 1.86 bits per heavy atom. The lowest BCUT2D eigenvalue weighted by Crippen LogP contribution is -1.91. The number of aryl methyl sites for hydroxylation is 1. The van der Waals surface area contributed by atoms with E-state index < -0.39 is 0 Å². The predicted molar refractivity (Wildman–Crippen MR) is 87.9 cm³/mol. The quantitative estimate of drug-likeness (QED) is 0.518. The average molecular weight is 293 g/mol. The van der Waals surface area contributed by atoms with Crippen LogP contribution in [-0.2, 0) is 5.75 Å². The van der Waals surface area contributed by atoms with Gasteiger partial charge in [0.25, 0.3) is 0 Å². The lowest BCUT2D eigenvalue weighted by molar-refractivity contribution is 0.112. The number of fused-ring (bicyclic) bond motifs is 1. The third-order valence-corrected chi connectivity index (χ3v) is 4.42. The first-order chi connectivity index (χ1) is 10.3. The van der Waals surface area contributed by atoms with Crippen molar-refractivity contribution in [3.63, 3.8) is 0 Å². The summed E-state index contributed by atoms with van der Waals surface area (Å²) in [4.78, 5) is 15.7.